The molecule has 0 aromatic rings. The second-order valence-corrected chi connectivity index (χ2v) is 4.71. The lowest BCUT2D eigenvalue weighted by atomic mass is 9.99. The Morgan fingerprint density at radius 3 is 2.72 bits per heavy atom. The fourth-order valence-corrected chi connectivity index (χ4v) is 1.95. The zero-order valence-corrected chi connectivity index (χ0v) is 11.2. The van der Waals surface area contributed by atoms with Gasteiger partial charge in [-0.25, -0.2) is 0 Å². The van der Waals surface area contributed by atoms with Crippen molar-refractivity contribution in [2.24, 2.45) is 0 Å². The molecule has 0 aliphatic carbocycles. The van der Waals surface area contributed by atoms with E-state index < -0.39 is 5.54 Å². The maximum atomic E-state index is 11.9. The molecule has 1 atom stereocenters. The lowest BCUT2D eigenvalue weighted by molar-refractivity contribution is -0.126. The van der Waals surface area contributed by atoms with E-state index >= 15 is 0 Å². The number of carbonyl (C=O) groups excluding carboxylic acids is 2. The molecule has 18 heavy (non-hydrogen) atoms. The number of carbonyl (C=O) groups is 2. The minimum absolute atomic E-state index is 0.0234. The zero-order valence-electron chi connectivity index (χ0n) is 11.2. The second-order valence-electron chi connectivity index (χ2n) is 4.71. The summed E-state index contributed by atoms with van der Waals surface area (Å²) in [6.45, 7) is 4.15. The molecule has 1 aliphatic heterocycles. The van der Waals surface area contributed by atoms with Crippen molar-refractivity contribution in [3.05, 3.63) is 0 Å². The highest BCUT2D eigenvalue weighted by Gasteiger charge is 2.35. The highest BCUT2D eigenvalue weighted by Crippen LogP contribution is 2.18. The van der Waals surface area contributed by atoms with Gasteiger partial charge in [0.25, 0.3) is 0 Å². The van der Waals surface area contributed by atoms with E-state index in [1.54, 1.807) is 7.11 Å². The van der Waals surface area contributed by atoms with Crippen LogP contribution in [0, 0.1) is 0 Å². The molecule has 1 aliphatic rings. The van der Waals surface area contributed by atoms with Crippen molar-refractivity contribution in [1.82, 2.24) is 16.0 Å². The first-order valence-corrected chi connectivity index (χ1v) is 6.37. The minimum atomic E-state index is -0.466. The normalized spacial score (nSPS) is 22.8. The van der Waals surface area contributed by atoms with Crippen LogP contribution in [0.2, 0.25) is 0 Å². The van der Waals surface area contributed by atoms with Crippen molar-refractivity contribution in [1.29, 1.82) is 0 Å². The van der Waals surface area contributed by atoms with E-state index in [-0.39, 0.29) is 11.8 Å². The molecule has 0 spiro atoms. The number of methoxy groups -OCH3 is 1. The molecule has 1 fully saturated rings. The molecule has 1 rings (SSSR count). The van der Waals surface area contributed by atoms with Gasteiger partial charge in [-0.05, 0) is 26.3 Å². The van der Waals surface area contributed by atoms with Crippen LogP contribution in [-0.4, -0.2) is 50.7 Å². The zero-order chi connectivity index (χ0) is 13.4. The molecule has 2 amide bonds. The van der Waals surface area contributed by atoms with Gasteiger partial charge in [0.15, 0.2) is 0 Å². The average molecular weight is 257 g/mol. The summed E-state index contributed by atoms with van der Waals surface area (Å²) in [5.41, 5.74) is -0.466. The predicted molar refractivity (Wildman–Crippen MR) is 68.2 cm³/mol. The summed E-state index contributed by atoms with van der Waals surface area (Å²) in [5.74, 6) is -0.0958. The van der Waals surface area contributed by atoms with Gasteiger partial charge in [0.2, 0.25) is 11.8 Å². The van der Waals surface area contributed by atoms with Crippen molar-refractivity contribution < 1.29 is 14.3 Å². The summed E-state index contributed by atoms with van der Waals surface area (Å²) in [6, 6.07) is 0. The Hall–Kier alpha value is -1.14. The van der Waals surface area contributed by atoms with Gasteiger partial charge in [-0.3, -0.25) is 9.59 Å². The van der Waals surface area contributed by atoms with Crippen LogP contribution in [0.4, 0.5) is 0 Å². The number of hydrogen-bond donors (Lipinski definition) is 3. The maximum Gasteiger partial charge on any atom is 0.240 e. The fourth-order valence-electron chi connectivity index (χ4n) is 1.95. The van der Waals surface area contributed by atoms with Crippen LogP contribution in [0.15, 0.2) is 0 Å². The van der Waals surface area contributed by atoms with Gasteiger partial charge in [0.05, 0.1) is 12.1 Å². The Kier molecular flexibility index (Phi) is 6.07. The molecule has 0 bridgehead atoms. The monoisotopic (exact) mass is 257 g/mol. The molecular weight excluding hydrogens is 234 g/mol. The van der Waals surface area contributed by atoms with Gasteiger partial charge in [0.1, 0.15) is 0 Å². The quantitative estimate of drug-likeness (QED) is 0.532. The van der Waals surface area contributed by atoms with E-state index in [1.807, 2.05) is 6.92 Å². The van der Waals surface area contributed by atoms with Crippen molar-refractivity contribution in [2.45, 2.75) is 31.7 Å². The predicted octanol–water partition coefficient (Wildman–Crippen LogP) is -0.603. The van der Waals surface area contributed by atoms with Crippen LogP contribution < -0.4 is 16.0 Å². The molecule has 0 aromatic heterocycles. The lowest BCUT2D eigenvalue weighted by Crippen LogP contribution is -2.51. The number of nitrogens with one attached hydrogen (secondary N) is 3. The number of amides is 2. The lowest BCUT2D eigenvalue weighted by Gasteiger charge is -2.22. The minimum Gasteiger partial charge on any atom is -0.383 e. The summed E-state index contributed by atoms with van der Waals surface area (Å²) in [7, 11) is 1.58. The van der Waals surface area contributed by atoms with Crippen LogP contribution in [0.5, 0.6) is 0 Å². The van der Waals surface area contributed by atoms with Gasteiger partial charge in [-0.1, -0.05) is 0 Å². The van der Waals surface area contributed by atoms with Crippen LogP contribution >= 0.6 is 0 Å². The third kappa shape index (κ3) is 4.62. The van der Waals surface area contributed by atoms with Crippen molar-refractivity contribution in [2.75, 3.05) is 33.4 Å². The Morgan fingerprint density at radius 1 is 1.33 bits per heavy atom. The van der Waals surface area contributed by atoms with Crippen LogP contribution in [0.25, 0.3) is 0 Å². The van der Waals surface area contributed by atoms with Gasteiger partial charge in [-0.15, -0.1) is 0 Å². The number of rotatable bonds is 7. The molecule has 6 nitrogen and oxygen atoms in total. The Balaban J connectivity index is 2.13. The highest BCUT2D eigenvalue weighted by molar-refractivity contribution is 5.86. The SMILES string of the molecule is COCCNC(=O)CCNC(=O)C1(C)CCCN1. The molecule has 1 heterocycles. The molecule has 6 heteroatoms. The third-order valence-electron chi connectivity index (χ3n) is 3.14. The largest absolute Gasteiger partial charge is 0.383 e. The Bertz CT molecular complexity index is 288. The molecule has 3 N–H and O–H groups in total. The van der Waals surface area contributed by atoms with E-state index in [4.69, 9.17) is 4.74 Å². The first kappa shape index (κ1) is 14.9. The van der Waals surface area contributed by atoms with E-state index in [0.29, 0.717) is 26.1 Å². The topological polar surface area (TPSA) is 79.5 Å². The molecule has 1 unspecified atom stereocenters. The van der Waals surface area contributed by atoms with Crippen LogP contribution in [-0.2, 0) is 14.3 Å². The van der Waals surface area contributed by atoms with E-state index in [0.717, 1.165) is 19.4 Å². The average Bonchev–Trinajstić information content (AvgIpc) is 2.78. The maximum absolute atomic E-state index is 11.9. The summed E-state index contributed by atoms with van der Waals surface area (Å²) < 4.78 is 4.82. The molecule has 0 aromatic carbocycles. The Morgan fingerprint density at radius 2 is 2.11 bits per heavy atom. The second kappa shape index (κ2) is 7.33. The van der Waals surface area contributed by atoms with Crippen LogP contribution in [0.1, 0.15) is 26.2 Å². The molecule has 104 valence electrons. The van der Waals surface area contributed by atoms with E-state index in [9.17, 15) is 9.59 Å². The smallest absolute Gasteiger partial charge is 0.240 e. The first-order chi connectivity index (χ1) is 8.58. The molecule has 0 radical (unpaired) electrons. The Labute approximate surface area is 108 Å². The summed E-state index contributed by atoms with van der Waals surface area (Å²) in [4.78, 5) is 23.3. The van der Waals surface area contributed by atoms with Crippen molar-refractivity contribution in [3.63, 3.8) is 0 Å². The summed E-state index contributed by atoms with van der Waals surface area (Å²) >= 11 is 0. The fraction of sp³-hybridized carbons (Fsp3) is 0.833. The van der Waals surface area contributed by atoms with Crippen LogP contribution in [0.3, 0.4) is 0 Å². The van der Waals surface area contributed by atoms with Crippen molar-refractivity contribution >= 4 is 11.8 Å². The third-order valence-corrected chi connectivity index (χ3v) is 3.14. The van der Waals surface area contributed by atoms with Gasteiger partial charge in [0, 0.05) is 26.6 Å². The first-order valence-electron chi connectivity index (χ1n) is 6.37. The standard InChI is InChI=1S/C12H23N3O3/c1-12(5-3-6-15-12)11(17)14-7-4-10(16)13-8-9-18-2/h15H,3-9H2,1-2H3,(H,13,16)(H,14,17). The van der Waals surface area contributed by atoms with Gasteiger partial charge < -0.3 is 20.7 Å². The number of hydrogen-bond acceptors (Lipinski definition) is 4. The van der Waals surface area contributed by atoms with E-state index in [1.165, 1.54) is 0 Å². The molecular formula is C12H23N3O3. The van der Waals surface area contributed by atoms with E-state index in [2.05, 4.69) is 16.0 Å². The summed E-state index contributed by atoms with van der Waals surface area (Å²) in [5, 5.41) is 8.68. The molecule has 1 saturated heterocycles. The van der Waals surface area contributed by atoms with Gasteiger partial charge >= 0.3 is 0 Å². The number of ether oxygens (including phenoxy) is 1. The van der Waals surface area contributed by atoms with Crippen molar-refractivity contribution in [3.8, 4) is 0 Å². The highest BCUT2D eigenvalue weighted by atomic mass is 16.5. The molecule has 0 saturated carbocycles. The summed E-state index contributed by atoms with van der Waals surface area (Å²) in [6.07, 6.45) is 2.16. The van der Waals surface area contributed by atoms with Gasteiger partial charge in [-0.2, -0.15) is 0 Å².